The fourth-order valence-electron chi connectivity index (χ4n) is 5.95. The van der Waals surface area contributed by atoms with Gasteiger partial charge in [0.15, 0.2) is 17.1 Å². The number of aliphatic hydroxyl groups is 1. The molecule has 0 atom stereocenters. The molecule has 0 spiro atoms. The Hall–Kier alpha value is -5.12. The number of carbonyl (C=O) groups is 3. The van der Waals surface area contributed by atoms with Crippen molar-refractivity contribution in [2.45, 2.75) is 74.7 Å². The molecule has 54 heavy (non-hydrogen) atoms. The van der Waals surface area contributed by atoms with Crippen LogP contribution in [0.4, 0.5) is 0 Å². The molecule has 0 unspecified atom stereocenters. The van der Waals surface area contributed by atoms with Crippen molar-refractivity contribution in [2.75, 3.05) is 41.0 Å². The topological polar surface area (TPSA) is 202 Å². The van der Waals surface area contributed by atoms with E-state index in [1.54, 1.807) is 38.5 Å². The second-order valence-corrected chi connectivity index (χ2v) is 15.3. The number of aromatic nitrogens is 1. The van der Waals surface area contributed by atoms with E-state index in [0.29, 0.717) is 17.3 Å². The molecule has 2 heterocycles. The van der Waals surface area contributed by atoms with Gasteiger partial charge in [-0.1, -0.05) is 26.0 Å². The maximum Gasteiger partial charge on any atom is 0.336 e. The number of sulfone groups is 1. The molecule has 0 aliphatic heterocycles. The number of carboxylic acid groups (broad SMARTS) is 3. The number of likely N-dealkylation sites (N-methyl/N-ethyl adjacent to an activating group) is 1. The van der Waals surface area contributed by atoms with Crippen LogP contribution in [-0.4, -0.2) is 103 Å². The lowest BCUT2D eigenvalue weighted by atomic mass is 9.96. The molecular weight excluding hydrogens is 720 g/mol. The minimum Gasteiger partial charge on any atom is -0.494 e. The Labute approximate surface area is 315 Å². The summed E-state index contributed by atoms with van der Waals surface area (Å²) in [4.78, 5) is 33.4. The highest BCUT2D eigenvalue weighted by Gasteiger charge is 2.40. The smallest absolute Gasteiger partial charge is 0.336 e. The second-order valence-electron chi connectivity index (χ2n) is 13.4. The van der Waals surface area contributed by atoms with Gasteiger partial charge in [0, 0.05) is 25.5 Å². The molecule has 14 nitrogen and oxygen atoms in total. The number of aryl methyl sites for hydroxylation is 2. The van der Waals surface area contributed by atoms with Crippen LogP contribution in [0.2, 0.25) is 0 Å². The first-order chi connectivity index (χ1) is 25.3. The number of hydrogen-bond acceptors (Lipinski definition) is 10. The summed E-state index contributed by atoms with van der Waals surface area (Å²) in [6, 6.07) is 14.9. The maximum absolute atomic E-state index is 13.8. The minimum atomic E-state index is -3.71. The van der Waals surface area contributed by atoms with E-state index in [2.05, 4.69) is 18.0 Å². The van der Waals surface area contributed by atoms with Gasteiger partial charge in [0.2, 0.25) is 9.84 Å². The summed E-state index contributed by atoms with van der Waals surface area (Å²) in [6.07, 6.45) is 3.31. The van der Waals surface area contributed by atoms with Crippen molar-refractivity contribution in [3.63, 3.8) is 0 Å². The third-order valence-electron chi connectivity index (χ3n) is 8.75. The highest BCUT2D eigenvalue weighted by atomic mass is 32.2. The van der Waals surface area contributed by atoms with Gasteiger partial charge < -0.3 is 43.9 Å². The molecule has 294 valence electrons. The Morgan fingerprint density at radius 1 is 0.907 bits per heavy atom. The zero-order chi connectivity index (χ0) is 40.4. The number of ether oxygens (including phenoxy) is 3. The summed E-state index contributed by atoms with van der Waals surface area (Å²) in [6.45, 7) is 10.4. The van der Waals surface area contributed by atoms with Crippen molar-refractivity contribution in [3.05, 3.63) is 83.2 Å². The third kappa shape index (κ3) is 11.0. The first kappa shape index (κ1) is 43.3. The van der Waals surface area contributed by atoms with Crippen LogP contribution in [0.5, 0.6) is 17.2 Å². The molecule has 0 bridgehead atoms. The molecule has 2 aromatic carbocycles. The molecule has 0 saturated heterocycles. The fourth-order valence-corrected chi connectivity index (χ4v) is 7.80. The van der Waals surface area contributed by atoms with Gasteiger partial charge in [-0.05, 0) is 98.3 Å². The van der Waals surface area contributed by atoms with E-state index in [0.717, 1.165) is 59.6 Å². The number of benzene rings is 2. The molecule has 0 fully saturated rings. The predicted molar refractivity (Wildman–Crippen MR) is 201 cm³/mol. The Balaban J connectivity index is 0.000000515. The van der Waals surface area contributed by atoms with Crippen molar-refractivity contribution >= 4 is 33.3 Å². The fraction of sp³-hybridized carbons (Fsp3) is 0.410. The molecule has 0 amide bonds. The maximum atomic E-state index is 13.8. The normalized spacial score (nSPS) is 11.7. The number of carboxylic acids is 3. The number of methoxy groups -OCH3 is 2. The van der Waals surface area contributed by atoms with E-state index >= 15 is 0 Å². The number of fused-ring (bicyclic) bond motifs is 1. The van der Waals surface area contributed by atoms with E-state index in [1.807, 2.05) is 62.7 Å². The van der Waals surface area contributed by atoms with Crippen molar-refractivity contribution in [1.29, 1.82) is 0 Å². The van der Waals surface area contributed by atoms with Gasteiger partial charge in [0.1, 0.15) is 10.6 Å². The summed E-state index contributed by atoms with van der Waals surface area (Å²) >= 11 is 0. The van der Waals surface area contributed by atoms with Crippen LogP contribution in [-0.2, 0) is 30.6 Å². The molecule has 0 radical (unpaired) electrons. The summed E-state index contributed by atoms with van der Waals surface area (Å²) < 4.78 is 46.4. The van der Waals surface area contributed by atoms with Gasteiger partial charge in [0.05, 0.1) is 44.1 Å². The van der Waals surface area contributed by atoms with E-state index in [1.165, 1.54) is 5.56 Å². The van der Waals surface area contributed by atoms with Crippen LogP contribution in [0.15, 0.2) is 70.7 Å². The van der Waals surface area contributed by atoms with E-state index < -0.39 is 46.2 Å². The molecule has 0 aliphatic rings. The summed E-state index contributed by atoms with van der Waals surface area (Å²) in [7, 11) is 1.71. The lowest BCUT2D eigenvalue weighted by Gasteiger charge is -2.18. The van der Waals surface area contributed by atoms with Crippen LogP contribution in [0.1, 0.15) is 61.3 Å². The van der Waals surface area contributed by atoms with Gasteiger partial charge in [-0.2, -0.15) is 0 Å². The van der Waals surface area contributed by atoms with E-state index in [9.17, 15) is 22.8 Å². The molecule has 4 aromatic rings. The summed E-state index contributed by atoms with van der Waals surface area (Å²) in [5.41, 5.74) is 2.03. The largest absolute Gasteiger partial charge is 0.494 e. The Morgan fingerprint density at radius 2 is 1.54 bits per heavy atom. The number of hydrogen-bond donors (Lipinski definition) is 4. The predicted octanol–water partition coefficient (Wildman–Crippen LogP) is 5.22. The minimum absolute atomic E-state index is 0.0722. The van der Waals surface area contributed by atoms with Gasteiger partial charge in [-0.3, -0.25) is 9.59 Å². The van der Waals surface area contributed by atoms with E-state index in [-0.39, 0.29) is 10.8 Å². The molecular formula is C39H50N2O12S. The quantitative estimate of drug-likeness (QED) is 0.0960. The van der Waals surface area contributed by atoms with Crippen molar-refractivity contribution in [2.24, 2.45) is 0 Å². The molecule has 0 aliphatic carbocycles. The Bertz CT molecular complexity index is 2020. The Morgan fingerprint density at radius 3 is 2.07 bits per heavy atom. The van der Waals surface area contributed by atoms with Crippen LogP contribution in [0, 0.1) is 13.8 Å². The zero-order valence-corrected chi connectivity index (χ0v) is 32.5. The lowest BCUT2D eigenvalue weighted by Crippen LogP contribution is -2.42. The number of pyridine rings is 1. The van der Waals surface area contributed by atoms with Gasteiger partial charge >= 0.3 is 17.9 Å². The first-order valence-corrected chi connectivity index (χ1v) is 18.7. The Kier molecular flexibility index (Phi) is 15.0. The van der Waals surface area contributed by atoms with Gasteiger partial charge in [-0.25, -0.2) is 13.2 Å². The van der Waals surface area contributed by atoms with Crippen molar-refractivity contribution < 1.29 is 57.4 Å². The molecule has 4 N–H and O–H groups in total. The average molecular weight is 771 g/mol. The number of rotatable bonds is 18. The summed E-state index contributed by atoms with van der Waals surface area (Å²) in [5.74, 6) is -2.75. The van der Waals surface area contributed by atoms with Crippen LogP contribution in [0.25, 0.3) is 5.52 Å². The third-order valence-corrected chi connectivity index (χ3v) is 10.6. The zero-order valence-electron chi connectivity index (χ0n) is 31.7. The highest BCUT2D eigenvalue weighted by Crippen LogP contribution is 2.36. The number of aliphatic carboxylic acids is 3. The van der Waals surface area contributed by atoms with Gasteiger partial charge in [-0.15, -0.1) is 0 Å². The molecule has 4 rings (SSSR count). The number of nitrogens with zero attached hydrogens (tertiary/aromatic N) is 2. The van der Waals surface area contributed by atoms with Gasteiger partial charge in [0.25, 0.3) is 0 Å². The van der Waals surface area contributed by atoms with Crippen LogP contribution < -0.4 is 14.2 Å². The second kappa shape index (κ2) is 18.8. The molecule has 2 aromatic heterocycles. The SMILES string of the molecule is COc1cc(CCN(C)CCCOc2ccc(S(=O)(=O)c3c(C(C)C)cn4cccc(C)c34)cc2)cc(C)c1OC.O=C(O)CC(O)(CC(=O)O)C(=O)O. The van der Waals surface area contributed by atoms with Crippen molar-refractivity contribution in [1.82, 2.24) is 9.30 Å². The first-order valence-electron chi connectivity index (χ1n) is 17.2. The van der Waals surface area contributed by atoms with E-state index in [4.69, 9.17) is 34.6 Å². The molecule has 0 saturated carbocycles. The van der Waals surface area contributed by atoms with Crippen molar-refractivity contribution in [3.8, 4) is 17.2 Å². The summed E-state index contributed by atoms with van der Waals surface area (Å²) in [5, 5.41) is 33.8. The van der Waals surface area contributed by atoms with Crippen LogP contribution in [0.3, 0.4) is 0 Å². The average Bonchev–Trinajstić information content (AvgIpc) is 3.51. The highest BCUT2D eigenvalue weighted by molar-refractivity contribution is 7.91. The lowest BCUT2D eigenvalue weighted by molar-refractivity contribution is -0.170. The molecule has 15 heteroatoms. The monoisotopic (exact) mass is 770 g/mol. The van der Waals surface area contributed by atoms with Crippen LogP contribution >= 0.6 is 0 Å². The standard InChI is InChI=1S/C33H42N2O5S.C6H8O7/c1-23(2)29-22-35-17-8-10-24(3)31(35)33(29)41(36,37)28-13-11-27(12-14-28)40-19-9-16-34(5)18-15-26-20-25(4)32(39-7)30(21-26)38-6;7-3(8)1-6(13,5(11)12)2-4(9)10/h8,10-14,17,20-23H,9,15-16,18-19H2,1-7H3;13H,1-2H2,(H,7,8)(H,9,10)(H,11,12).